The van der Waals surface area contributed by atoms with Crippen LogP contribution in [0.15, 0.2) is 48.5 Å². The Morgan fingerprint density at radius 1 is 0.449 bits per heavy atom. The maximum atomic E-state index is 13.3. The summed E-state index contributed by atoms with van der Waals surface area (Å²) in [5.74, 6) is -1.30. The number of carbonyl (C=O) groups excluding carboxylic acids is 10. The average Bonchev–Trinajstić information content (AvgIpc) is 1.72. The third-order valence-electron chi connectivity index (χ3n) is 36.7. The Bertz CT molecular complexity index is 4620. The first kappa shape index (κ1) is 122. The van der Waals surface area contributed by atoms with Gasteiger partial charge < -0.3 is 61.9 Å². The standard InChI is InChI=1S/C27H44F2O6.C20H26I.C18H30O2.C16H22O6.C16H26O3.C14H26O2.C10H16O4/c1-6-24(3,4)22(30)33-10-8-7-9-32-19(2)34-17-26-12-20-11-21(13-26)15-27(14-20,16-26)18-35-23(31)25(5,28)29;1-19(2,3)15-7-11-17(12-8-15)21-18-13-9-16(10-14-18)20(4,5)6;1-5-17(3,4)16(19)20-18(6-2)14-8-12-7-13(10-14)11-15(18)9-12;1-4-16(2,3)15(19)20-7-11(17)21-12-8-5-9-10(6-8)14(18)22-13(9)12;1-4-14(2,3)13(17)19-16-8-11-5-12(9-16)7-15(18,6-11)10-16;1-5-13(3,4)12(15)16-14(6-2)10-8-7-9-11-14;1-4-10(2,3)9(12)14-7-5-6-13-8(7)11/h19-21H,6-18H2,1-5H3;7-14H,1-6H3;12-15H,5-11H2,1-4H3;8-10,12-13H,4-7H2,1-3H3;11-12,18H,4-10H2,1-3H3;5-11H2,1-4H3;7H,4-6H2,1-3H3/q;-1;;;;;. The number of ether oxygens (including phenoxy) is 12. The summed E-state index contributed by atoms with van der Waals surface area (Å²) in [5.41, 5.74) is -0.746. The molecule has 23 nitrogen and oxygen atoms in total. The van der Waals surface area contributed by atoms with Crippen LogP contribution >= 0.6 is 0 Å². The van der Waals surface area contributed by atoms with Crippen LogP contribution in [0.4, 0.5) is 8.78 Å². The number of aliphatic hydroxyl groups is 1. The van der Waals surface area contributed by atoms with Gasteiger partial charge in [0.25, 0.3) is 0 Å². The van der Waals surface area contributed by atoms with Crippen molar-refractivity contribution in [2.45, 2.75) is 482 Å². The molecular formula is C121H190F2IO23-. The zero-order valence-electron chi connectivity index (χ0n) is 95.3. The predicted molar refractivity (Wildman–Crippen MR) is 557 cm³/mol. The van der Waals surface area contributed by atoms with E-state index in [4.69, 9.17) is 56.8 Å². The first-order valence-electron chi connectivity index (χ1n) is 56.6. The molecular weight excluding hydrogens is 1990 g/mol. The maximum absolute atomic E-state index is 13.3. The topological polar surface area (TPSA) is 302 Å². The smallest absolute Gasteiger partial charge is 0.376 e. The van der Waals surface area contributed by atoms with E-state index in [1.54, 1.807) is 27.7 Å². The summed E-state index contributed by atoms with van der Waals surface area (Å²) >= 11 is -0.0703. The Morgan fingerprint density at radius 3 is 1.34 bits per heavy atom. The summed E-state index contributed by atoms with van der Waals surface area (Å²) in [7, 11) is 0. The summed E-state index contributed by atoms with van der Waals surface area (Å²) in [6, 6.07) is 18.4. The van der Waals surface area contributed by atoms with Gasteiger partial charge in [-0.15, -0.1) is 0 Å². The number of alkyl halides is 2. The molecule has 19 rings (SSSR count). The van der Waals surface area contributed by atoms with Gasteiger partial charge in [0.1, 0.15) is 29.0 Å². The molecule has 0 spiro atoms. The van der Waals surface area contributed by atoms with E-state index < -0.39 is 63.2 Å². The van der Waals surface area contributed by atoms with Gasteiger partial charge in [-0.1, -0.05) is 61.8 Å². The number of carbonyl (C=O) groups is 10. The normalized spacial score (nSPS) is 30.3. The average molecular weight is 2180 g/mol. The van der Waals surface area contributed by atoms with Crippen LogP contribution in [0.1, 0.15) is 430 Å². The van der Waals surface area contributed by atoms with E-state index in [1.807, 2.05) is 96.9 Å². The molecule has 2 aliphatic heterocycles. The Labute approximate surface area is 891 Å². The molecule has 14 bridgehead atoms. The van der Waals surface area contributed by atoms with Gasteiger partial charge >= 0.3 is 206 Å². The van der Waals surface area contributed by atoms with Crippen LogP contribution in [0.5, 0.6) is 0 Å². The fraction of sp³-hybridized carbons (Fsp3) is 0.818. The number of benzene rings is 2. The van der Waals surface area contributed by atoms with Crippen LogP contribution in [-0.4, -0.2) is 157 Å². The molecule has 147 heavy (non-hydrogen) atoms. The number of halogens is 3. The van der Waals surface area contributed by atoms with Crippen LogP contribution in [0.25, 0.3) is 0 Å². The van der Waals surface area contributed by atoms with Gasteiger partial charge in [0.2, 0.25) is 6.10 Å². The van der Waals surface area contributed by atoms with Crippen molar-refractivity contribution in [3.05, 3.63) is 66.8 Å². The van der Waals surface area contributed by atoms with Gasteiger partial charge in [0, 0.05) is 43.6 Å². The first-order chi connectivity index (χ1) is 68.4. The van der Waals surface area contributed by atoms with E-state index in [-0.39, 0.29) is 156 Å². The van der Waals surface area contributed by atoms with E-state index in [0.29, 0.717) is 94.5 Å². The second kappa shape index (κ2) is 49.6. The van der Waals surface area contributed by atoms with Crippen molar-refractivity contribution in [3.8, 4) is 0 Å². The van der Waals surface area contributed by atoms with Crippen molar-refractivity contribution in [1.29, 1.82) is 0 Å². The third-order valence-corrected chi connectivity index (χ3v) is 39.4. The fourth-order valence-corrected chi connectivity index (χ4v) is 27.9. The van der Waals surface area contributed by atoms with Gasteiger partial charge in [-0.05, 0) is 348 Å². The van der Waals surface area contributed by atoms with Gasteiger partial charge in [-0.25, -0.2) is 14.4 Å². The number of esters is 10. The number of unbranched alkanes of at least 4 members (excludes halogenated alkanes) is 1. The van der Waals surface area contributed by atoms with E-state index >= 15 is 0 Å². The van der Waals surface area contributed by atoms with E-state index in [2.05, 4.69) is 111 Å². The molecule has 0 aromatic heterocycles. The Kier molecular flexibility index (Phi) is 41.3. The SMILES string of the molecule is CC(C)(C)c1ccc([I-]c2ccc(C(C)(C)C)cc2)cc1.CCC(C)(C)C(=O)OC1(CC)C2CC3CC(C2)CC1C3.CCC(C)(C)C(=O)OC12CC3CC(CC(O)(C3)C1)C2.CCC(C)(C)C(=O)OC1CCOC1=O.CCC(C)(C)C(=O)OCC(=O)OC1C2CC3C(=O)OC1C3C2.CCC(C)(C)C(=O)OCCCCOC(C)OCC12CC3CC(CC(COC(=O)C(C)(F)F)(C3)C1)C2.CCC1(OC(=O)C(C)(C)CC)CCCCC1. The molecule has 11 atom stereocenters. The van der Waals surface area contributed by atoms with Gasteiger partial charge in [0.05, 0.1) is 70.4 Å². The summed E-state index contributed by atoms with van der Waals surface area (Å²) in [6.07, 6.45) is 32.6. The van der Waals surface area contributed by atoms with Gasteiger partial charge in [-0.2, -0.15) is 8.78 Å². The van der Waals surface area contributed by atoms with Crippen molar-refractivity contribution >= 4 is 59.7 Å². The fourth-order valence-electron chi connectivity index (χ4n) is 25.7. The number of hydrogen-bond donors (Lipinski definition) is 1. The predicted octanol–water partition coefficient (Wildman–Crippen LogP) is 22.8. The molecule has 2 saturated heterocycles. The van der Waals surface area contributed by atoms with Crippen LogP contribution in [0.2, 0.25) is 0 Å². The summed E-state index contributed by atoms with van der Waals surface area (Å²) in [4.78, 5) is 119. The minimum Gasteiger partial charge on any atom is -0.465 e. The summed E-state index contributed by atoms with van der Waals surface area (Å²) < 4.78 is 95.6. The molecule has 15 aliphatic carbocycles. The number of hydrogen-bond acceptors (Lipinski definition) is 23. The summed E-state index contributed by atoms with van der Waals surface area (Å²) in [5, 5.41) is 10.6. The monoisotopic (exact) mass is 2180 g/mol. The Morgan fingerprint density at radius 2 is 0.891 bits per heavy atom. The molecule has 17 aliphatic rings. The van der Waals surface area contributed by atoms with Gasteiger partial charge in [-0.3, -0.25) is 33.6 Å². The zero-order valence-corrected chi connectivity index (χ0v) is 97.5. The molecule has 0 amide bonds. The molecule has 17 fully saturated rings. The number of fused-ring (bicyclic) bond motifs is 1. The molecule has 834 valence electrons. The number of rotatable bonds is 35. The van der Waals surface area contributed by atoms with Crippen LogP contribution in [0.3, 0.4) is 0 Å². The number of cyclic esters (lactones) is 1. The second-order valence-corrected chi connectivity index (χ2v) is 56.1. The van der Waals surface area contributed by atoms with Crippen LogP contribution < -0.4 is 21.2 Å². The van der Waals surface area contributed by atoms with Crippen molar-refractivity contribution in [2.75, 3.05) is 39.6 Å². The van der Waals surface area contributed by atoms with Crippen LogP contribution in [-0.2, 0) is 116 Å². The van der Waals surface area contributed by atoms with Crippen LogP contribution in [0, 0.1) is 116 Å². The molecule has 11 unspecified atom stereocenters. The van der Waals surface area contributed by atoms with Crippen molar-refractivity contribution in [2.24, 2.45) is 108 Å². The quantitative estimate of drug-likeness (QED) is 0.0220. The minimum absolute atomic E-state index is 0.00310. The Balaban J connectivity index is 0.000000179. The second-order valence-electron chi connectivity index (χ2n) is 53.1. The molecule has 2 aromatic rings. The first-order valence-corrected chi connectivity index (χ1v) is 58.7. The zero-order chi connectivity index (χ0) is 109. The third kappa shape index (κ3) is 31.7. The van der Waals surface area contributed by atoms with Crippen molar-refractivity contribution in [1.82, 2.24) is 0 Å². The molecule has 15 saturated carbocycles. The van der Waals surface area contributed by atoms with Crippen molar-refractivity contribution in [3.63, 3.8) is 0 Å². The molecule has 1 N–H and O–H groups in total. The van der Waals surface area contributed by atoms with E-state index in [0.717, 1.165) is 147 Å². The summed E-state index contributed by atoms with van der Waals surface area (Å²) in [6.45, 7) is 56.7. The molecule has 2 heterocycles. The Hall–Kier alpha value is -6.39. The largest absolute Gasteiger partial charge is 0.465 e. The van der Waals surface area contributed by atoms with Gasteiger partial charge in [0.15, 0.2) is 12.9 Å². The molecule has 0 radical (unpaired) electrons. The minimum atomic E-state index is -3.45. The van der Waals surface area contributed by atoms with Crippen molar-refractivity contribution < 1.29 is 140 Å². The van der Waals surface area contributed by atoms with E-state index in [9.17, 15) is 61.8 Å². The van der Waals surface area contributed by atoms with E-state index in [1.165, 1.54) is 82.5 Å². The molecule has 2 aromatic carbocycles. The maximum Gasteiger partial charge on any atom is 0.376 e. The molecule has 26 heteroatoms.